The molecule has 12 nitrogen and oxygen atoms in total. The van der Waals surface area contributed by atoms with Gasteiger partial charge in [-0.05, 0) is 6.42 Å². The number of nitrogens with one attached hydrogen (secondary N) is 3. The molecule has 0 bridgehead atoms. The van der Waals surface area contributed by atoms with Crippen LogP contribution in [0.25, 0.3) is 0 Å². The second-order valence-corrected chi connectivity index (χ2v) is 4.68. The fourth-order valence-electron chi connectivity index (χ4n) is 1.56. The van der Waals surface area contributed by atoms with E-state index in [-0.39, 0.29) is 12.8 Å². The fourth-order valence-corrected chi connectivity index (χ4v) is 1.56. The SMILES string of the molecule is NCC(=O)NC(CO)C(=O)NC(CCC(N)=O)C(=O)NCC(=O)O. The topological polar surface area (TPSA) is 214 Å². The molecule has 0 radical (unpaired) electrons. The zero-order valence-electron chi connectivity index (χ0n) is 12.8. The van der Waals surface area contributed by atoms with Crippen LogP contribution in [0.1, 0.15) is 12.8 Å². The van der Waals surface area contributed by atoms with E-state index in [0.717, 1.165) is 0 Å². The molecule has 12 heteroatoms. The van der Waals surface area contributed by atoms with Crippen molar-refractivity contribution in [3.63, 3.8) is 0 Å². The molecule has 0 heterocycles. The van der Waals surface area contributed by atoms with Crippen molar-refractivity contribution in [1.29, 1.82) is 0 Å². The summed E-state index contributed by atoms with van der Waals surface area (Å²) in [5.41, 5.74) is 10.1. The van der Waals surface area contributed by atoms with Gasteiger partial charge in [0.1, 0.15) is 18.6 Å². The molecule has 0 spiro atoms. The minimum absolute atomic E-state index is 0.185. The lowest BCUT2D eigenvalue weighted by atomic mass is 10.1. The van der Waals surface area contributed by atoms with Gasteiger partial charge < -0.3 is 37.6 Å². The van der Waals surface area contributed by atoms with Crippen LogP contribution in [0.5, 0.6) is 0 Å². The average molecular weight is 347 g/mol. The molecule has 136 valence electrons. The van der Waals surface area contributed by atoms with Crippen LogP contribution in [0.3, 0.4) is 0 Å². The van der Waals surface area contributed by atoms with Gasteiger partial charge in [-0.2, -0.15) is 0 Å². The van der Waals surface area contributed by atoms with E-state index in [1.807, 2.05) is 5.32 Å². The van der Waals surface area contributed by atoms with E-state index in [2.05, 4.69) is 10.6 Å². The quantitative estimate of drug-likeness (QED) is 0.192. The molecule has 0 rings (SSSR count). The first kappa shape index (κ1) is 21.3. The van der Waals surface area contributed by atoms with E-state index in [1.165, 1.54) is 0 Å². The Bertz CT molecular complexity index is 496. The number of aliphatic hydroxyl groups is 1. The number of aliphatic hydroxyl groups excluding tert-OH is 1. The number of hydrogen-bond donors (Lipinski definition) is 7. The number of carboxylic acid groups (broad SMARTS) is 1. The fraction of sp³-hybridized carbons (Fsp3) is 0.583. The van der Waals surface area contributed by atoms with Crippen LogP contribution in [0.15, 0.2) is 0 Å². The first-order chi connectivity index (χ1) is 11.2. The molecule has 0 aliphatic rings. The molecule has 0 saturated carbocycles. The average Bonchev–Trinajstić information content (AvgIpc) is 2.53. The van der Waals surface area contributed by atoms with Gasteiger partial charge in [0.15, 0.2) is 0 Å². The van der Waals surface area contributed by atoms with Gasteiger partial charge in [-0.3, -0.25) is 24.0 Å². The third kappa shape index (κ3) is 8.65. The third-order valence-electron chi connectivity index (χ3n) is 2.75. The van der Waals surface area contributed by atoms with Gasteiger partial charge >= 0.3 is 5.97 Å². The molecular formula is C12H21N5O7. The zero-order chi connectivity index (χ0) is 18.7. The highest BCUT2D eigenvalue weighted by Gasteiger charge is 2.26. The Balaban J connectivity index is 4.90. The van der Waals surface area contributed by atoms with Crippen LogP contribution in [-0.2, 0) is 24.0 Å². The Morgan fingerprint density at radius 1 is 1.00 bits per heavy atom. The van der Waals surface area contributed by atoms with Crippen molar-refractivity contribution in [2.24, 2.45) is 11.5 Å². The second-order valence-electron chi connectivity index (χ2n) is 4.68. The number of hydrogen-bond acceptors (Lipinski definition) is 7. The summed E-state index contributed by atoms with van der Waals surface area (Å²) in [6.07, 6.45) is -0.431. The van der Waals surface area contributed by atoms with Crippen LogP contribution < -0.4 is 27.4 Å². The number of primary amides is 1. The van der Waals surface area contributed by atoms with E-state index in [4.69, 9.17) is 21.7 Å². The maximum absolute atomic E-state index is 12.0. The molecule has 0 aliphatic heterocycles. The molecule has 0 aromatic carbocycles. The van der Waals surface area contributed by atoms with Gasteiger partial charge in [0.05, 0.1) is 13.2 Å². The van der Waals surface area contributed by atoms with E-state index in [1.54, 1.807) is 0 Å². The zero-order valence-corrected chi connectivity index (χ0v) is 12.8. The van der Waals surface area contributed by atoms with Crippen LogP contribution in [0, 0.1) is 0 Å². The van der Waals surface area contributed by atoms with Crippen molar-refractivity contribution in [1.82, 2.24) is 16.0 Å². The molecular weight excluding hydrogens is 326 g/mol. The summed E-state index contributed by atoms with van der Waals surface area (Å²) < 4.78 is 0. The summed E-state index contributed by atoms with van der Waals surface area (Å²) in [6, 6.07) is -2.63. The van der Waals surface area contributed by atoms with Crippen molar-refractivity contribution in [3.8, 4) is 0 Å². The van der Waals surface area contributed by atoms with Gasteiger partial charge in [0.25, 0.3) is 0 Å². The van der Waals surface area contributed by atoms with E-state index in [0.29, 0.717) is 0 Å². The molecule has 2 unspecified atom stereocenters. The highest BCUT2D eigenvalue weighted by Crippen LogP contribution is 1.99. The molecule has 0 aromatic rings. The lowest BCUT2D eigenvalue weighted by Gasteiger charge is -2.21. The van der Waals surface area contributed by atoms with Gasteiger partial charge in [0, 0.05) is 6.42 Å². The molecule has 9 N–H and O–H groups in total. The Morgan fingerprint density at radius 2 is 1.62 bits per heavy atom. The number of rotatable bonds is 11. The Labute approximate surface area is 136 Å². The Morgan fingerprint density at radius 3 is 2.08 bits per heavy atom. The number of carbonyl (C=O) groups excluding carboxylic acids is 4. The monoisotopic (exact) mass is 347 g/mol. The number of aliphatic carboxylic acids is 1. The molecule has 0 fully saturated rings. The van der Waals surface area contributed by atoms with Gasteiger partial charge in [0.2, 0.25) is 23.6 Å². The van der Waals surface area contributed by atoms with Crippen LogP contribution in [-0.4, -0.2) is 71.6 Å². The summed E-state index contributed by atoms with van der Waals surface area (Å²) in [4.78, 5) is 56.3. The van der Waals surface area contributed by atoms with E-state index >= 15 is 0 Å². The Hall–Kier alpha value is -2.73. The minimum Gasteiger partial charge on any atom is -0.480 e. The smallest absolute Gasteiger partial charge is 0.322 e. The summed E-state index contributed by atoms with van der Waals surface area (Å²) >= 11 is 0. The van der Waals surface area contributed by atoms with Crippen molar-refractivity contribution in [3.05, 3.63) is 0 Å². The summed E-state index contributed by atoms with van der Waals surface area (Å²) in [5.74, 6) is -4.48. The normalized spacial score (nSPS) is 12.6. The van der Waals surface area contributed by atoms with Crippen molar-refractivity contribution in [2.75, 3.05) is 19.7 Å². The molecule has 0 aromatic heterocycles. The number of carboxylic acids is 1. The van der Waals surface area contributed by atoms with Crippen molar-refractivity contribution >= 4 is 29.6 Å². The minimum atomic E-state index is -1.36. The van der Waals surface area contributed by atoms with Gasteiger partial charge in [-0.25, -0.2) is 0 Å². The number of carbonyl (C=O) groups is 5. The predicted molar refractivity (Wildman–Crippen MR) is 79.1 cm³/mol. The summed E-state index contributed by atoms with van der Waals surface area (Å²) in [7, 11) is 0. The highest BCUT2D eigenvalue weighted by molar-refractivity contribution is 5.93. The van der Waals surface area contributed by atoms with Crippen molar-refractivity contribution < 1.29 is 34.2 Å². The molecule has 24 heavy (non-hydrogen) atoms. The summed E-state index contributed by atoms with van der Waals surface area (Å²) in [6.45, 7) is -1.85. The third-order valence-corrected chi connectivity index (χ3v) is 2.75. The largest absolute Gasteiger partial charge is 0.480 e. The van der Waals surface area contributed by atoms with E-state index in [9.17, 15) is 24.0 Å². The molecule has 0 saturated heterocycles. The van der Waals surface area contributed by atoms with Gasteiger partial charge in [-0.15, -0.1) is 0 Å². The second kappa shape index (κ2) is 10.9. The first-order valence-corrected chi connectivity index (χ1v) is 6.89. The lowest BCUT2D eigenvalue weighted by molar-refractivity contribution is -0.138. The van der Waals surface area contributed by atoms with E-state index < -0.39 is 61.4 Å². The van der Waals surface area contributed by atoms with Gasteiger partial charge in [-0.1, -0.05) is 0 Å². The highest BCUT2D eigenvalue weighted by atomic mass is 16.4. The van der Waals surface area contributed by atoms with Crippen LogP contribution >= 0.6 is 0 Å². The molecule has 2 atom stereocenters. The number of amides is 4. The lowest BCUT2D eigenvalue weighted by Crippen LogP contribution is -2.56. The molecule has 0 aliphatic carbocycles. The number of nitrogens with two attached hydrogens (primary N) is 2. The first-order valence-electron chi connectivity index (χ1n) is 6.89. The summed E-state index contributed by atoms with van der Waals surface area (Å²) in [5, 5.41) is 24.0. The predicted octanol–water partition coefficient (Wildman–Crippen LogP) is -4.63. The van der Waals surface area contributed by atoms with Crippen LogP contribution in [0.4, 0.5) is 0 Å². The van der Waals surface area contributed by atoms with Crippen LogP contribution in [0.2, 0.25) is 0 Å². The maximum Gasteiger partial charge on any atom is 0.322 e. The molecule has 4 amide bonds. The Kier molecular flexibility index (Phi) is 9.67. The maximum atomic E-state index is 12.0. The van der Waals surface area contributed by atoms with Crippen molar-refractivity contribution in [2.45, 2.75) is 24.9 Å². The standard InChI is InChI=1S/C12H21N5O7/c13-3-9(20)16-7(5-18)12(24)17-6(1-2-8(14)19)11(23)15-4-10(21)22/h6-7,18H,1-5,13H2,(H2,14,19)(H,15,23)(H,16,20)(H,17,24)(H,21,22).